The summed E-state index contributed by atoms with van der Waals surface area (Å²) in [5, 5.41) is 12.3. The Morgan fingerprint density at radius 3 is 2.46 bits per heavy atom. The number of hydrogen-bond donors (Lipinski definition) is 1. The number of hydrogen-bond acceptors (Lipinski definition) is 5. The summed E-state index contributed by atoms with van der Waals surface area (Å²) in [6.45, 7) is 10.9. The Balaban J connectivity index is 1.92. The predicted octanol–water partition coefficient (Wildman–Crippen LogP) is 1.65. The van der Waals surface area contributed by atoms with Crippen LogP contribution in [0.3, 0.4) is 0 Å². The highest BCUT2D eigenvalue weighted by molar-refractivity contribution is 5.82. The molecule has 6 heteroatoms. The van der Waals surface area contributed by atoms with Gasteiger partial charge in [0.05, 0.1) is 12.1 Å². The van der Waals surface area contributed by atoms with Crippen molar-refractivity contribution in [1.29, 1.82) is 5.26 Å². The first-order valence-electron chi connectivity index (χ1n) is 8.50. The number of anilines is 1. The zero-order chi connectivity index (χ0) is 17.7. The lowest BCUT2D eigenvalue weighted by atomic mass is 9.89. The van der Waals surface area contributed by atoms with Crippen LogP contribution >= 0.6 is 0 Å². The second-order valence-electron chi connectivity index (χ2n) is 6.85. The molecule has 0 aromatic carbocycles. The Kier molecular flexibility index (Phi) is 5.79. The van der Waals surface area contributed by atoms with Crippen LogP contribution in [0, 0.1) is 17.2 Å². The minimum Gasteiger partial charge on any atom is -0.354 e. The molecule has 1 saturated heterocycles. The summed E-state index contributed by atoms with van der Waals surface area (Å²) >= 11 is 0. The van der Waals surface area contributed by atoms with Crippen LogP contribution in [-0.2, 0) is 4.79 Å². The van der Waals surface area contributed by atoms with E-state index in [1.54, 1.807) is 13.1 Å². The summed E-state index contributed by atoms with van der Waals surface area (Å²) in [6.07, 6.45) is 1.80. The number of rotatable bonds is 5. The number of nitriles is 1. The van der Waals surface area contributed by atoms with Gasteiger partial charge in [-0.25, -0.2) is 4.98 Å². The van der Waals surface area contributed by atoms with Crippen molar-refractivity contribution in [3.05, 3.63) is 24.4 Å². The van der Waals surface area contributed by atoms with E-state index in [0.29, 0.717) is 0 Å². The SMILES string of the molecule is CC(C)[C@@](C)(C#N)NC(=O)[C@@H](C)N1CCN(c2ccccn2)CC1. The van der Waals surface area contributed by atoms with Gasteiger partial charge in [0.1, 0.15) is 11.4 Å². The molecule has 6 nitrogen and oxygen atoms in total. The molecule has 0 unspecified atom stereocenters. The number of pyridine rings is 1. The normalized spacial score (nSPS) is 19.4. The number of amides is 1. The zero-order valence-electron chi connectivity index (χ0n) is 15.0. The molecular formula is C18H27N5O. The molecule has 1 aliphatic heterocycles. The maximum absolute atomic E-state index is 12.5. The molecule has 1 fully saturated rings. The highest BCUT2D eigenvalue weighted by Crippen LogP contribution is 2.17. The second kappa shape index (κ2) is 7.63. The van der Waals surface area contributed by atoms with Crippen molar-refractivity contribution in [3.63, 3.8) is 0 Å². The monoisotopic (exact) mass is 329 g/mol. The predicted molar refractivity (Wildman–Crippen MR) is 94.5 cm³/mol. The van der Waals surface area contributed by atoms with E-state index >= 15 is 0 Å². The molecule has 1 aliphatic rings. The Labute approximate surface area is 144 Å². The van der Waals surface area contributed by atoms with Crippen LogP contribution in [0.2, 0.25) is 0 Å². The van der Waals surface area contributed by atoms with Gasteiger partial charge in [0.25, 0.3) is 0 Å². The van der Waals surface area contributed by atoms with E-state index in [1.807, 2.05) is 39.0 Å². The lowest BCUT2D eigenvalue weighted by molar-refractivity contribution is -0.127. The van der Waals surface area contributed by atoms with Gasteiger partial charge in [-0.3, -0.25) is 9.69 Å². The summed E-state index contributed by atoms with van der Waals surface area (Å²) in [4.78, 5) is 21.3. The smallest absolute Gasteiger partial charge is 0.238 e. The fourth-order valence-corrected chi connectivity index (χ4v) is 2.71. The number of piperazine rings is 1. The van der Waals surface area contributed by atoms with Gasteiger partial charge in [0.2, 0.25) is 5.91 Å². The fraction of sp³-hybridized carbons (Fsp3) is 0.611. The third-order valence-corrected chi connectivity index (χ3v) is 4.98. The molecule has 2 atom stereocenters. The number of nitrogens with one attached hydrogen (secondary N) is 1. The number of carbonyl (C=O) groups is 1. The first-order chi connectivity index (χ1) is 11.4. The molecule has 1 N–H and O–H groups in total. The second-order valence-corrected chi connectivity index (χ2v) is 6.85. The minimum absolute atomic E-state index is 0.0552. The number of aromatic nitrogens is 1. The summed E-state index contributed by atoms with van der Waals surface area (Å²) < 4.78 is 0. The van der Waals surface area contributed by atoms with Gasteiger partial charge in [0.15, 0.2) is 0 Å². The average molecular weight is 329 g/mol. The van der Waals surface area contributed by atoms with Crippen molar-refractivity contribution in [2.24, 2.45) is 5.92 Å². The van der Waals surface area contributed by atoms with Crippen molar-refractivity contribution in [3.8, 4) is 6.07 Å². The summed E-state index contributed by atoms with van der Waals surface area (Å²) in [6, 6.07) is 7.88. The van der Waals surface area contributed by atoms with Crippen LogP contribution in [0.15, 0.2) is 24.4 Å². The van der Waals surface area contributed by atoms with E-state index in [2.05, 4.69) is 26.2 Å². The molecule has 2 rings (SSSR count). The van der Waals surface area contributed by atoms with E-state index in [9.17, 15) is 10.1 Å². The van der Waals surface area contributed by atoms with Crippen molar-refractivity contribution in [1.82, 2.24) is 15.2 Å². The molecule has 1 amide bonds. The Bertz CT molecular complexity index is 589. The lowest BCUT2D eigenvalue weighted by Gasteiger charge is -2.39. The zero-order valence-corrected chi connectivity index (χ0v) is 15.0. The molecule has 130 valence electrons. The van der Waals surface area contributed by atoms with E-state index in [-0.39, 0.29) is 17.9 Å². The number of nitrogens with zero attached hydrogens (tertiary/aromatic N) is 4. The first-order valence-corrected chi connectivity index (χ1v) is 8.50. The molecule has 1 aromatic rings. The molecule has 0 bridgehead atoms. The van der Waals surface area contributed by atoms with Gasteiger partial charge < -0.3 is 10.2 Å². The third-order valence-electron chi connectivity index (χ3n) is 4.98. The van der Waals surface area contributed by atoms with E-state index in [1.165, 1.54) is 0 Å². The van der Waals surface area contributed by atoms with Crippen molar-refractivity contribution < 1.29 is 4.79 Å². The average Bonchev–Trinajstić information content (AvgIpc) is 2.61. The summed E-state index contributed by atoms with van der Waals surface area (Å²) in [5.74, 6) is 0.949. The number of carbonyl (C=O) groups excluding carboxylic acids is 1. The van der Waals surface area contributed by atoms with Gasteiger partial charge in [-0.1, -0.05) is 19.9 Å². The van der Waals surface area contributed by atoms with E-state index in [0.717, 1.165) is 32.0 Å². The van der Waals surface area contributed by atoms with Crippen molar-refractivity contribution >= 4 is 11.7 Å². The molecule has 0 spiro atoms. The van der Waals surface area contributed by atoms with Gasteiger partial charge in [0, 0.05) is 32.4 Å². The maximum Gasteiger partial charge on any atom is 0.238 e. The molecule has 2 heterocycles. The largest absolute Gasteiger partial charge is 0.354 e. The quantitative estimate of drug-likeness (QED) is 0.889. The van der Waals surface area contributed by atoms with Crippen LogP contribution < -0.4 is 10.2 Å². The molecule has 0 aliphatic carbocycles. The van der Waals surface area contributed by atoms with Gasteiger partial charge in [-0.2, -0.15) is 5.26 Å². The van der Waals surface area contributed by atoms with Gasteiger partial charge in [-0.05, 0) is 31.9 Å². The third kappa shape index (κ3) is 4.04. The van der Waals surface area contributed by atoms with Gasteiger partial charge in [-0.15, -0.1) is 0 Å². The van der Waals surface area contributed by atoms with Crippen LogP contribution in [0.4, 0.5) is 5.82 Å². The van der Waals surface area contributed by atoms with Crippen molar-refractivity contribution in [2.45, 2.75) is 39.3 Å². The first kappa shape index (κ1) is 18.2. The fourth-order valence-electron chi connectivity index (χ4n) is 2.71. The highest BCUT2D eigenvalue weighted by Gasteiger charge is 2.34. The molecular weight excluding hydrogens is 302 g/mol. The molecule has 24 heavy (non-hydrogen) atoms. The van der Waals surface area contributed by atoms with Crippen LogP contribution in [0.25, 0.3) is 0 Å². The van der Waals surface area contributed by atoms with Gasteiger partial charge >= 0.3 is 0 Å². The Morgan fingerprint density at radius 1 is 1.29 bits per heavy atom. The topological polar surface area (TPSA) is 72.3 Å². The minimum atomic E-state index is -0.832. The Morgan fingerprint density at radius 2 is 1.96 bits per heavy atom. The van der Waals surface area contributed by atoms with Crippen LogP contribution in [0.1, 0.15) is 27.7 Å². The Hall–Kier alpha value is -2.13. The molecule has 0 saturated carbocycles. The molecule has 1 aromatic heterocycles. The maximum atomic E-state index is 12.5. The summed E-state index contributed by atoms with van der Waals surface area (Å²) in [5.41, 5.74) is -0.832. The highest BCUT2D eigenvalue weighted by atomic mass is 16.2. The van der Waals surface area contributed by atoms with E-state index < -0.39 is 5.54 Å². The standard InChI is InChI=1S/C18H27N5O/c1-14(2)18(4,13-19)21-17(24)15(3)22-9-11-23(12-10-22)16-7-5-6-8-20-16/h5-8,14-15H,9-12H2,1-4H3,(H,21,24)/t15-,18-/m1/s1. The van der Waals surface area contributed by atoms with Crippen molar-refractivity contribution in [2.75, 3.05) is 31.1 Å². The summed E-state index contributed by atoms with van der Waals surface area (Å²) in [7, 11) is 0. The lowest BCUT2D eigenvalue weighted by Crippen LogP contribution is -2.58. The van der Waals surface area contributed by atoms with E-state index in [4.69, 9.17) is 0 Å². The molecule has 0 radical (unpaired) electrons. The van der Waals surface area contributed by atoms with Crippen LogP contribution in [0.5, 0.6) is 0 Å². The van der Waals surface area contributed by atoms with Crippen LogP contribution in [-0.4, -0.2) is 53.6 Å².